The van der Waals surface area contributed by atoms with Gasteiger partial charge in [-0.25, -0.2) is 17.9 Å². The van der Waals surface area contributed by atoms with Crippen molar-refractivity contribution >= 4 is 11.6 Å². The summed E-state index contributed by atoms with van der Waals surface area (Å²) in [5.41, 5.74) is 0.636. The highest BCUT2D eigenvalue weighted by molar-refractivity contribution is 5.96. The molecule has 180 valence electrons. The number of hydrogen-bond acceptors (Lipinski definition) is 7. The van der Waals surface area contributed by atoms with Crippen molar-refractivity contribution in [2.24, 2.45) is 0 Å². The Labute approximate surface area is 191 Å². The number of aliphatic hydroxyl groups excluding tert-OH is 3. The number of carbonyl (C=O) groups excluding carboxylic acids is 1. The number of hydrogen-bond donors (Lipinski definition) is 3. The SMILES string of the molecule is CN(C(=O)C1OC(CO)C(O)C(n2cc(-c3cccc(F)c3)nn2)C1O)c1ccc(F)c(F)c1. The summed E-state index contributed by atoms with van der Waals surface area (Å²) in [5, 5.41) is 39.2. The number of likely N-dealkylation sites (N-methyl/N-ethyl adjacent to an activating group) is 1. The van der Waals surface area contributed by atoms with Gasteiger partial charge in [-0.2, -0.15) is 0 Å². The molecule has 2 aromatic carbocycles. The van der Waals surface area contributed by atoms with Crippen molar-refractivity contribution in [2.75, 3.05) is 18.6 Å². The number of aromatic nitrogens is 3. The molecule has 5 atom stereocenters. The molecular formula is C22H21F3N4O5. The highest BCUT2D eigenvalue weighted by atomic mass is 19.2. The molecule has 9 nitrogen and oxygen atoms in total. The maximum absolute atomic E-state index is 13.6. The van der Waals surface area contributed by atoms with Gasteiger partial charge in [-0.1, -0.05) is 17.3 Å². The molecule has 1 aromatic heterocycles. The van der Waals surface area contributed by atoms with Gasteiger partial charge in [0.05, 0.1) is 12.8 Å². The van der Waals surface area contributed by atoms with Gasteiger partial charge in [0.2, 0.25) is 0 Å². The zero-order valence-electron chi connectivity index (χ0n) is 17.8. The molecule has 0 aliphatic carbocycles. The average Bonchev–Trinajstić information content (AvgIpc) is 3.30. The number of anilines is 1. The number of rotatable bonds is 5. The van der Waals surface area contributed by atoms with Crippen LogP contribution in [0.1, 0.15) is 6.04 Å². The van der Waals surface area contributed by atoms with Crippen LogP contribution in [0.25, 0.3) is 11.3 Å². The molecule has 1 aliphatic rings. The second-order valence-corrected chi connectivity index (χ2v) is 7.84. The van der Waals surface area contributed by atoms with Crippen LogP contribution in [0.15, 0.2) is 48.7 Å². The number of aliphatic hydroxyl groups is 3. The molecule has 0 radical (unpaired) electrons. The van der Waals surface area contributed by atoms with Crippen molar-refractivity contribution in [3.63, 3.8) is 0 Å². The number of halogens is 3. The molecule has 2 heterocycles. The van der Waals surface area contributed by atoms with Crippen molar-refractivity contribution in [1.29, 1.82) is 0 Å². The molecule has 1 saturated heterocycles. The van der Waals surface area contributed by atoms with Gasteiger partial charge >= 0.3 is 0 Å². The van der Waals surface area contributed by atoms with Crippen LogP contribution < -0.4 is 4.90 Å². The number of carbonyl (C=O) groups is 1. The van der Waals surface area contributed by atoms with Crippen LogP contribution in [0, 0.1) is 17.5 Å². The number of nitrogens with zero attached hydrogens (tertiary/aromatic N) is 4. The summed E-state index contributed by atoms with van der Waals surface area (Å²) in [6.45, 7) is -0.686. The first-order chi connectivity index (χ1) is 16.2. The van der Waals surface area contributed by atoms with Crippen LogP contribution in [0.3, 0.4) is 0 Å². The topological polar surface area (TPSA) is 121 Å². The summed E-state index contributed by atoms with van der Waals surface area (Å²) in [6.07, 6.45) is -4.67. The summed E-state index contributed by atoms with van der Waals surface area (Å²) in [4.78, 5) is 14.0. The van der Waals surface area contributed by atoms with Gasteiger partial charge in [0.1, 0.15) is 35.9 Å². The van der Waals surface area contributed by atoms with Crippen LogP contribution >= 0.6 is 0 Å². The molecule has 5 unspecified atom stereocenters. The normalized spacial score (nSPS) is 24.7. The number of amides is 1. The Morgan fingerprint density at radius 3 is 2.56 bits per heavy atom. The lowest BCUT2D eigenvalue weighted by atomic mass is 9.92. The van der Waals surface area contributed by atoms with E-state index in [0.29, 0.717) is 5.56 Å². The van der Waals surface area contributed by atoms with E-state index in [0.717, 1.165) is 21.7 Å². The Hall–Kier alpha value is -3.32. The number of benzene rings is 2. The summed E-state index contributed by atoms with van der Waals surface area (Å²) in [7, 11) is 1.27. The first-order valence-electron chi connectivity index (χ1n) is 10.2. The van der Waals surface area contributed by atoms with Gasteiger partial charge in [0.15, 0.2) is 17.7 Å². The minimum atomic E-state index is -1.67. The van der Waals surface area contributed by atoms with Gasteiger partial charge in [-0.15, -0.1) is 5.10 Å². The summed E-state index contributed by atoms with van der Waals surface area (Å²) in [6, 6.07) is 7.11. The fraction of sp³-hybridized carbons (Fsp3) is 0.318. The molecule has 0 spiro atoms. The lowest BCUT2D eigenvalue weighted by Crippen LogP contribution is -2.60. The van der Waals surface area contributed by atoms with Crippen LogP contribution in [0.4, 0.5) is 18.9 Å². The van der Waals surface area contributed by atoms with Gasteiger partial charge in [0.25, 0.3) is 5.91 Å². The lowest BCUT2D eigenvalue weighted by Gasteiger charge is -2.42. The number of ether oxygens (including phenoxy) is 1. The monoisotopic (exact) mass is 478 g/mol. The zero-order chi connectivity index (χ0) is 24.6. The molecular weight excluding hydrogens is 457 g/mol. The third-order valence-electron chi connectivity index (χ3n) is 5.69. The first-order valence-corrected chi connectivity index (χ1v) is 10.2. The van der Waals surface area contributed by atoms with Gasteiger partial charge in [0, 0.05) is 24.4 Å². The van der Waals surface area contributed by atoms with E-state index in [4.69, 9.17) is 4.74 Å². The van der Waals surface area contributed by atoms with Crippen molar-refractivity contribution in [3.05, 3.63) is 66.1 Å². The van der Waals surface area contributed by atoms with Crippen molar-refractivity contribution in [3.8, 4) is 11.3 Å². The second-order valence-electron chi connectivity index (χ2n) is 7.84. The van der Waals surface area contributed by atoms with E-state index >= 15 is 0 Å². The van der Waals surface area contributed by atoms with E-state index in [1.54, 1.807) is 6.07 Å². The molecule has 3 aromatic rings. The molecule has 3 N–H and O–H groups in total. The molecule has 12 heteroatoms. The highest BCUT2D eigenvalue weighted by Crippen LogP contribution is 2.32. The van der Waals surface area contributed by atoms with E-state index < -0.39 is 60.4 Å². The highest BCUT2D eigenvalue weighted by Gasteiger charge is 2.49. The Kier molecular flexibility index (Phi) is 6.66. The second kappa shape index (κ2) is 9.50. The molecule has 1 fully saturated rings. The molecule has 4 rings (SSSR count). The fourth-order valence-corrected chi connectivity index (χ4v) is 3.83. The van der Waals surface area contributed by atoms with Crippen molar-refractivity contribution in [1.82, 2.24) is 15.0 Å². The fourth-order valence-electron chi connectivity index (χ4n) is 3.83. The zero-order valence-corrected chi connectivity index (χ0v) is 17.8. The Balaban J connectivity index is 1.63. The van der Waals surface area contributed by atoms with Crippen molar-refractivity contribution in [2.45, 2.75) is 30.5 Å². The summed E-state index contributed by atoms with van der Waals surface area (Å²) < 4.78 is 47.0. The maximum atomic E-state index is 13.6. The third kappa shape index (κ3) is 4.40. The van der Waals surface area contributed by atoms with Gasteiger partial charge in [-0.05, 0) is 24.3 Å². The van der Waals surface area contributed by atoms with Crippen LogP contribution in [0.5, 0.6) is 0 Å². The molecule has 1 aliphatic heterocycles. The van der Waals surface area contributed by atoms with Gasteiger partial charge in [-0.3, -0.25) is 4.79 Å². The molecule has 0 saturated carbocycles. The minimum Gasteiger partial charge on any atom is -0.394 e. The third-order valence-corrected chi connectivity index (χ3v) is 5.69. The molecule has 1 amide bonds. The first kappa shape index (κ1) is 23.8. The Morgan fingerprint density at radius 2 is 1.88 bits per heavy atom. The van der Waals surface area contributed by atoms with Crippen LogP contribution in [0.2, 0.25) is 0 Å². The maximum Gasteiger partial charge on any atom is 0.258 e. The standard InChI is InChI=1S/C22H21F3N4O5/c1-28(13-5-6-14(24)15(25)8-13)22(33)21-20(32)18(19(31)17(10-30)34-21)29-9-16(26-27-29)11-3-2-4-12(23)7-11/h2-9,17-21,30-32H,10H2,1H3. The van der Waals surface area contributed by atoms with E-state index in [1.165, 1.54) is 37.5 Å². The van der Waals surface area contributed by atoms with E-state index in [9.17, 15) is 33.3 Å². The van der Waals surface area contributed by atoms with E-state index in [-0.39, 0.29) is 11.4 Å². The lowest BCUT2D eigenvalue weighted by molar-refractivity contribution is -0.205. The summed E-state index contributed by atoms with van der Waals surface area (Å²) >= 11 is 0. The minimum absolute atomic E-state index is 0.00272. The largest absolute Gasteiger partial charge is 0.394 e. The van der Waals surface area contributed by atoms with E-state index in [2.05, 4.69) is 10.3 Å². The van der Waals surface area contributed by atoms with Gasteiger partial charge < -0.3 is 25.0 Å². The molecule has 0 bridgehead atoms. The predicted octanol–water partition coefficient (Wildman–Crippen LogP) is 1.05. The average molecular weight is 478 g/mol. The smallest absolute Gasteiger partial charge is 0.258 e. The van der Waals surface area contributed by atoms with Crippen LogP contribution in [-0.2, 0) is 9.53 Å². The quantitative estimate of drug-likeness (QED) is 0.501. The summed E-state index contributed by atoms with van der Waals surface area (Å²) in [5.74, 6) is -3.59. The Bertz CT molecular complexity index is 1190. The predicted molar refractivity (Wildman–Crippen MR) is 112 cm³/mol. The van der Waals surface area contributed by atoms with Crippen LogP contribution in [-0.4, -0.2) is 74.3 Å². The van der Waals surface area contributed by atoms with Crippen molar-refractivity contribution < 1.29 is 38.0 Å². The van der Waals surface area contributed by atoms with E-state index in [1.807, 2.05) is 0 Å². The Morgan fingerprint density at radius 1 is 1.12 bits per heavy atom. The molecule has 34 heavy (non-hydrogen) atoms.